The van der Waals surface area contributed by atoms with Gasteiger partial charge in [0, 0.05) is 21.8 Å². The Kier molecular flexibility index (Phi) is 3.56. The molecule has 0 aliphatic carbocycles. The molecular weight excluding hydrogens is 376 g/mol. The highest BCUT2D eigenvalue weighted by molar-refractivity contribution is 7.22. The fourth-order valence-electron chi connectivity index (χ4n) is 3.46. The van der Waals surface area contributed by atoms with Crippen LogP contribution in [0.5, 0.6) is 0 Å². The van der Waals surface area contributed by atoms with Crippen molar-refractivity contribution < 1.29 is 4.52 Å². The van der Waals surface area contributed by atoms with Crippen LogP contribution < -0.4 is 11.2 Å². The van der Waals surface area contributed by atoms with Crippen LogP contribution in [0, 0.1) is 13.8 Å². The van der Waals surface area contributed by atoms with Crippen LogP contribution in [0.3, 0.4) is 0 Å². The van der Waals surface area contributed by atoms with Crippen molar-refractivity contribution in [2.24, 2.45) is 0 Å². The van der Waals surface area contributed by atoms with E-state index in [9.17, 15) is 9.59 Å². The topological polar surface area (TPSA) is 93.8 Å². The van der Waals surface area contributed by atoms with Crippen molar-refractivity contribution >= 4 is 32.3 Å². The average Bonchev–Trinajstić information content (AvgIpc) is 3.24. The molecule has 4 aromatic heterocycles. The van der Waals surface area contributed by atoms with E-state index < -0.39 is 5.69 Å². The van der Waals surface area contributed by atoms with E-state index in [1.165, 1.54) is 17.5 Å². The first-order valence-corrected chi connectivity index (χ1v) is 9.41. The fraction of sp³-hybridized carbons (Fsp3) is 0.100. The van der Waals surface area contributed by atoms with E-state index in [1.54, 1.807) is 12.3 Å². The Morgan fingerprint density at radius 1 is 1.14 bits per heavy atom. The monoisotopic (exact) mass is 390 g/mol. The molecule has 0 unspecified atom stereocenters. The van der Waals surface area contributed by atoms with Crippen molar-refractivity contribution in [1.29, 1.82) is 0 Å². The van der Waals surface area contributed by atoms with Gasteiger partial charge in [0.2, 0.25) is 0 Å². The van der Waals surface area contributed by atoms with Gasteiger partial charge in [0.05, 0.1) is 28.7 Å². The predicted molar refractivity (Wildman–Crippen MR) is 108 cm³/mol. The number of hydrogen-bond donors (Lipinski definition) is 1. The quantitative estimate of drug-likeness (QED) is 0.497. The number of fused-ring (bicyclic) bond motifs is 2. The zero-order valence-corrected chi connectivity index (χ0v) is 15.8. The molecule has 0 saturated heterocycles. The van der Waals surface area contributed by atoms with E-state index in [2.05, 4.69) is 15.1 Å². The number of aromatic nitrogens is 4. The van der Waals surface area contributed by atoms with Gasteiger partial charge in [-0.05, 0) is 19.9 Å². The second-order valence-corrected chi connectivity index (χ2v) is 7.56. The van der Waals surface area contributed by atoms with Crippen molar-refractivity contribution in [3.05, 3.63) is 75.0 Å². The summed E-state index contributed by atoms with van der Waals surface area (Å²) < 4.78 is 6.84. The molecule has 0 spiro atoms. The molecule has 7 nitrogen and oxygen atoms in total. The van der Waals surface area contributed by atoms with Crippen LogP contribution in [0.15, 0.2) is 56.8 Å². The number of hydrogen-bond acceptors (Lipinski definition) is 6. The van der Waals surface area contributed by atoms with Gasteiger partial charge in [0.1, 0.15) is 10.5 Å². The van der Waals surface area contributed by atoms with Crippen LogP contribution in [0.4, 0.5) is 0 Å². The normalized spacial score (nSPS) is 11.5. The number of H-pyrrole nitrogens is 1. The minimum absolute atomic E-state index is 0.375. The number of rotatable bonds is 2. The van der Waals surface area contributed by atoms with E-state index >= 15 is 0 Å². The molecule has 0 aliphatic heterocycles. The molecule has 0 aliphatic rings. The van der Waals surface area contributed by atoms with Crippen LogP contribution in [0.2, 0.25) is 0 Å². The molecule has 0 amide bonds. The number of thiophene rings is 1. The predicted octanol–water partition coefficient (Wildman–Crippen LogP) is 3.56. The van der Waals surface area contributed by atoms with E-state index in [1.807, 2.05) is 38.1 Å². The molecule has 0 fully saturated rings. The average molecular weight is 390 g/mol. The van der Waals surface area contributed by atoms with Gasteiger partial charge in [-0.15, -0.1) is 11.3 Å². The van der Waals surface area contributed by atoms with Gasteiger partial charge in [-0.25, -0.2) is 9.36 Å². The molecule has 5 rings (SSSR count). The Labute approximate surface area is 161 Å². The second kappa shape index (κ2) is 6.00. The van der Waals surface area contributed by atoms with Crippen LogP contribution in [0.1, 0.15) is 11.5 Å². The Morgan fingerprint density at radius 2 is 1.96 bits per heavy atom. The molecule has 28 heavy (non-hydrogen) atoms. The maximum atomic E-state index is 13.2. The largest absolute Gasteiger partial charge is 0.361 e. The molecule has 1 aromatic carbocycles. The Balaban J connectivity index is 1.82. The highest BCUT2D eigenvalue weighted by Crippen LogP contribution is 2.34. The van der Waals surface area contributed by atoms with Gasteiger partial charge >= 0.3 is 5.69 Å². The number of aromatic amines is 1. The zero-order valence-electron chi connectivity index (χ0n) is 15.0. The molecule has 4 heterocycles. The SMILES string of the molecule is Cc1noc(C)c1-c1cc2[nH]c(=O)n(-c3cncc4ccccc34)c(=O)c2s1. The Hall–Kier alpha value is -3.52. The highest BCUT2D eigenvalue weighted by Gasteiger charge is 2.19. The van der Waals surface area contributed by atoms with E-state index in [-0.39, 0.29) is 5.56 Å². The first kappa shape index (κ1) is 16.6. The standard InChI is InChI=1S/C20H14N4O3S/c1-10-17(11(2)27-23-10)16-7-14-18(28-16)19(25)24(20(26)22-14)15-9-21-8-12-5-3-4-6-13(12)15/h3-9H,1-2H3,(H,22,26). The molecule has 0 atom stereocenters. The smallest absolute Gasteiger partial charge is 0.333 e. The summed E-state index contributed by atoms with van der Waals surface area (Å²) >= 11 is 1.31. The number of nitrogens with one attached hydrogen (secondary N) is 1. The summed E-state index contributed by atoms with van der Waals surface area (Å²) in [5.74, 6) is 0.671. The minimum Gasteiger partial charge on any atom is -0.361 e. The van der Waals surface area contributed by atoms with Crippen LogP contribution in [-0.2, 0) is 0 Å². The molecule has 5 aromatic rings. The zero-order chi connectivity index (χ0) is 19.4. The summed E-state index contributed by atoms with van der Waals surface area (Å²) in [6, 6.07) is 9.31. The van der Waals surface area contributed by atoms with Crippen molar-refractivity contribution in [2.45, 2.75) is 13.8 Å². The lowest BCUT2D eigenvalue weighted by Crippen LogP contribution is -2.33. The highest BCUT2D eigenvalue weighted by atomic mass is 32.1. The second-order valence-electron chi connectivity index (χ2n) is 6.50. The maximum Gasteiger partial charge on any atom is 0.333 e. The third-order valence-electron chi connectivity index (χ3n) is 4.74. The lowest BCUT2D eigenvalue weighted by Gasteiger charge is -2.07. The number of aryl methyl sites for hydroxylation is 2. The fourth-order valence-corrected chi connectivity index (χ4v) is 4.65. The van der Waals surface area contributed by atoms with Crippen LogP contribution >= 0.6 is 11.3 Å². The van der Waals surface area contributed by atoms with Gasteiger partial charge in [-0.3, -0.25) is 9.78 Å². The molecule has 0 bridgehead atoms. The van der Waals surface area contributed by atoms with E-state index in [0.717, 1.165) is 31.5 Å². The first-order chi connectivity index (χ1) is 13.5. The molecule has 0 radical (unpaired) electrons. The van der Waals surface area contributed by atoms with Crippen LogP contribution in [-0.4, -0.2) is 19.7 Å². The molecular formula is C20H14N4O3S. The number of nitrogens with zero attached hydrogens (tertiary/aromatic N) is 3. The summed E-state index contributed by atoms with van der Waals surface area (Å²) in [4.78, 5) is 33.9. The van der Waals surface area contributed by atoms with Crippen molar-refractivity contribution in [3.8, 4) is 16.1 Å². The van der Waals surface area contributed by atoms with Gasteiger partial charge < -0.3 is 9.51 Å². The van der Waals surface area contributed by atoms with Crippen LogP contribution in [0.25, 0.3) is 37.1 Å². The summed E-state index contributed by atoms with van der Waals surface area (Å²) in [6.45, 7) is 3.67. The van der Waals surface area contributed by atoms with Gasteiger partial charge in [-0.1, -0.05) is 29.4 Å². The third kappa shape index (κ3) is 2.35. The maximum absolute atomic E-state index is 13.2. The molecule has 1 N–H and O–H groups in total. The van der Waals surface area contributed by atoms with Crippen molar-refractivity contribution in [3.63, 3.8) is 0 Å². The van der Waals surface area contributed by atoms with E-state index in [0.29, 0.717) is 21.7 Å². The van der Waals surface area contributed by atoms with E-state index in [4.69, 9.17) is 4.52 Å². The van der Waals surface area contributed by atoms with Gasteiger partial charge in [0.25, 0.3) is 5.56 Å². The first-order valence-electron chi connectivity index (χ1n) is 8.60. The number of pyridine rings is 1. The summed E-state index contributed by atoms with van der Waals surface area (Å²) in [6.07, 6.45) is 3.24. The van der Waals surface area contributed by atoms with Gasteiger partial charge in [-0.2, -0.15) is 0 Å². The molecule has 8 heteroatoms. The number of benzene rings is 1. The summed E-state index contributed by atoms with van der Waals surface area (Å²) in [5, 5.41) is 5.61. The minimum atomic E-state index is -0.501. The third-order valence-corrected chi connectivity index (χ3v) is 5.88. The Morgan fingerprint density at radius 3 is 2.75 bits per heavy atom. The lowest BCUT2D eigenvalue weighted by atomic mass is 10.1. The van der Waals surface area contributed by atoms with Crippen molar-refractivity contribution in [2.75, 3.05) is 0 Å². The molecule has 0 saturated carbocycles. The molecule has 138 valence electrons. The van der Waals surface area contributed by atoms with Crippen molar-refractivity contribution in [1.82, 2.24) is 19.7 Å². The summed E-state index contributed by atoms with van der Waals surface area (Å²) in [7, 11) is 0. The Bertz CT molecular complexity index is 1460. The van der Waals surface area contributed by atoms with Gasteiger partial charge in [0.15, 0.2) is 0 Å². The summed E-state index contributed by atoms with van der Waals surface area (Å²) in [5.41, 5.74) is 1.67. The lowest BCUT2D eigenvalue weighted by molar-refractivity contribution is 0.393.